The molecule has 128 valence electrons. The van der Waals surface area contributed by atoms with Crippen LogP contribution in [0.4, 0.5) is 10.8 Å². The number of thiazole rings is 1. The van der Waals surface area contributed by atoms with Gasteiger partial charge >= 0.3 is 0 Å². The standard InChI is InChI=1S/C18H15BrClN3OS/c19-14-5-3-11(20)9-13(14)17(24)21-12-4-6-15-16(10-12)25-18(22-15)23-7-1-2-8-23/h3-6,9-10H,1-2,7-8H2,(H,21,24). The summed E-state index contributed by atoms with van der Waals surface area (Å²) in [5, 5.41) is 4.53. The van der Waals surface area contributed by atoms with Crippen LogP contribution >= 0.6 is 38.9 Å². The molecule has 0 saturated carbocycles. The van der Waals surface area contributed by atoms with Gasteiger partial charge in [-0.05, 0) is 65.2 Å². The maximum atomic E-state index is 12.5. The average Bonchev–Trinajstić information content (AvgIpc) is 3.25. The molecule has 0 bridgehead atoms. The molecule has 1 aromatic heterocycles. The van der Waals surface area contributed by atoms with Crippen LogP contribution in [0.2, 0.25) is 5.02 Å². The maximum Gasteiger partial charge on any atom is 0.256 e. The van der Waals surface area contributed by atoms with Crippen molar-refractivity contribution in [2.24, 2.45) is 0 Å². The average molecular weight is 437 g/mol. The summed E-state index contributed by atoms with van der Waals surface area (Å²) in [5.41, 5.74) is 2.23. The molecule has 1 saturated heterocycles. The van der Waals surface area contributed by atoms with Crippen LogP contribution in [-0.4, -0.2) is 24.0 Å². The fourth-order valence-electron chi connectivity index (χ4n) is 2.90. The Bertz CT molecular complexity index is 953. The van der Waals surface area contributed by atoms with Crippen LogP contribution in [0.25, 0.3) is 10.2 Å². The van der Waals surface area contributed by atoms with Gasteiger partial charge in [-0.2, -0.15) is 0 Å². The first-order chi connectivity index (χ1) is 12.1. The Balaban J connectivity index is 1.59. The predicted octanol–water partition coefficient (Wildman–Crippen LogP) is 5.56. The first-order valence-electron chi connectivity index (χ1n) is 8.02. The Morgan fingerprint density at radius 3 is 2.80 bits per heavy atom. The van der Waals surface area contributed by atoms with Gasteiger partial charge in [-0.25, -0.2) is 4.98 Å². The van der Waals surface area contributed by atoms with Crippen LogP contribution in [0.15, 0.2) is 40.9 Å². The second-order valence-electron chi connectivity index (χ2n) is 5.95. The molecule has 7 heteroatoms. The van der Waals surface area contributed by atoms with Crippen molar-refractivity contribution in [2.75, 3.05) is 23.3 Å². The molecular formula is C18H15BrClN3OS. The molecule has 1 N–H and O–H groups in total. The predicted molar refractivity (Wildman–Crippen MR) is 108 cm³/mol. The number of hydrogen-bond donors (Lipinski definition) is 1. The highest BCUT2D eigenvalue weighted by molar-refractivity contribution is 9.10. The highest BCUT2D eigenvalue weighted by atomic mass is 79.9. The highest BCUT2D eigenvalue weighted by Gasteiger charge is 2.17. The van der Waals surface area contributed by atoms with Crippen LogP contribution in [0.3, 0.4) is 0 Å². The van der Waals surface area contributed by atoms with E-state index < -0.39 is 0 Å². The molecule has 4 rings (SSSR count). The maximum absolute atomic E-state index is 12.5. The molecule has 0 spiro atoms. The normalized spacial score (nSPS) is 14.2. The van der Waals surface area contributed by atoms with Gasteiger partial charge in [0.25, 0.3) is 5.91 Å². The molecule has 0 atom stereocenters. The number of fused-ring (bicyclic) bond motifs is 1. The smallest absolute Gasteiger partial charge is 0.256 e. The zero-order valence-corrected chi connectivity index (χ0v) is 16.4. The van der Waals surface area contributed by atoms with Gasteiger partial charge in [0.1, 0.15) is 0 Å². The second-order valence-corrected chi connectivity index (χ2v) is 8.25. The lowest BCUT2D eigenvalue weighted by molar-refractivity contribution is 0.102. The summed E-state index contributed by atoms with van der Waals surface area (Å²) >= 11 is 11.1. The van der Waals surface area contributed by atoms with Crippen LogP contribution < -0.4 is 10.2 Å². The van der Waals surface area contributed by atoms with Gasteiger partial charge in [0.15, 0.2) is 5.13 Å². The third-order valence-corrected chi connectivity index (χ3v) is 6.19. The minimum Gasteiger partial charge on any atom is -0.348 e. The topological polar surface area (TPSA) is 45.2 Å². The first kappa shape index (κ1) is 16.8. The molecule has 3 aromatic rings. The van der Waals surface area contributed by atoms with Gasteiger partial charge < -0.3 is 10.2 Å². The van der Waals surface area contributed by atoms with Crippen molar-refractivity contribution in [1.29, 1.82) is 0 Å². The van der Waals surface area contributed by atoms with Crippen molar-refractivity contribution in [3.8, 4) is 0 Å². The fraction of sp³-hybridized carbons (Fsp3) is 0.222. The number of carbonyl (C=O) groups excluding carboxylic acids is 1. The van der Waals surface area contributed by atoms with E-state index in [2.05, 4.69) is 26.1 Å². The van der Waals surface area contributed by atoms with Gasteiger partial charge in [-0.15, -0.1) is 0 Å². The lowest BCUT2D eigenvalue weighted by Crippen LogP contribution is -2.16. The summed E-state index contributed by atoms with van der Waals surface area (Å²) in [4.78, 5) is 19.5. The van der Waals surface area contributed by atoms with E-state index in [1.165, 1.54) is 12.8 Å². The number of aromatic nitrogens is 1. The molecule has 1 fully saturated rings. The minimum atomic E-state index is -0.196. The summed E-state index contributed by atoms with van der Waals surface area (Å²) in [6, 6.07) is 11.0. The molecule has 0 aliphatic carbocycles. The Hall–Kier alpha value is -1.63. The third kappa shape index (κ3) is 3.52. The van der Waals surface area contributed by atoms with E-state index in [9.17, 15) is 4.79 Å². The lowest BCUT2D eigenvalue weighted by atomic mass is 10.2. The van der Waals surface area contributed by atoms with Crippen molar-refractivity contribution in [1.82, 2.24) is 4.98 Å². The Labute approximate surface area is 162 Å². The van der Waals surface area contributed by atoms with E-state index in [1.54, 1.807) is 29.5 Å². The molecule has 25 heavy (non-hydrogen) atoms. The minimum absolute atomic E-state index is 0.196. The van der Waals surface area contributed by atoms with E-state index >= 15 is 0 Å². The van der Waals surface area contributed by atoms with Gasteiger partial charge in [-0.1, -0.05) is 22.9 Å². The Morgan fingerprint density at radius 2 is 2.00 bits per heavy atom. The van der Waals surface area contributed by atoms with E-state index in [0.29, 0.717) is 15.1 Å². The zero-order valence-electron chi connectivity index (χ0n) is 13.3. The number of nitrogens with one attached hydrogen (secondary N) is 1. The first-order valence-corrected chi connectivity index (χ1v) is 10.0. The Kier molecular flexibility index (Phi) is 4.67. The van der Waals surface area contributed by atoms with Crippen molar-refractivity contribution in [2.45, 2.75) is 12.8 Å². The molecule has 2 heterocycles. The number of rotatable bonds is 3. The summed E-state index contributed by atoms with van der Waals surface area (Å²) in [6.45, 7) is 2.15. The monoisotopic (exact) mass is 435 g/mol. The molecule has 1 amide bonds. The molecule has 0 radical (unpaired) electrons. The molecule has 4 nitrogen and oxygen atoms in total. The molecule has 1 aliphatic heterocycles. The van der Waals surface area contributed by atoms with Gasteiger partial charge in [0.05, 0.1) is 15.8 Å². The third-order valence-electron chi connectivity index (χ3n) is 4.18. The van der Waals surface area contributed by atoms with Crippen LogP contribution in [0, 0.1) is 0 Å². The number of anilines is 2. The van der Waals surface area contributed by atoms with Gasteiger partial charge in [-0.3, -0.25) is 4.79 Å². The quantitative estimate of drug-likeness (QED) is 0.584. The van der Waals surface area contributed by atoms with E-state index in [0.717, 1.165) is 34.1 Å². The number of nitrogens with zero attached hydrogens (tertiary/aromatic N) is 2. The summed E-state index contributed by atoms with van der Waals surface area (Å²) in [7, 11) is 0. The number of benzene rings is 2. The SMILES string of the molecule is O=C(Nc1ccc2nc(N3CCCC3)sc2c1)c1cc(Cl)ccc1Br. The highest BCUT2D eigenvalue weighted by Crippen LogP contribution is 2.32. The molecule has 1 aliphatic rings. The van der Waals surface area contributed by atoms with Crippen molar-refractivity contribution in [3.63, 3.8) is 0 Å². The molecule has 0 unspecified atom stereocenters. The summed E-state index contributed by atoms with van der Waals surface area (Å²) in [5.74, 6) is -0.196. The largest absolute Gasteiger partial charge is 0.348 e. The second kappa shape index (κ2) is 6.94. The Morgan fingerprint density at radius 1 is 1.20 bits per heavy atom. The molecular weight excluding hydrogens is 422 g/mol. The number of hydrogen-bond acceptors (Lipinski definition) is 4. The lowest BCUT2D eigenvalue weighted by Gasteiger charge is -2.11. The molecule has 2 aromatic carbocycles. The number of amides is 1. The number of halogens is 2. The van der Waals surface area contributed by atoms with Gasteiger partial charge in [0, 0.05) is 28.3 Å². The van der Waals surface area contributed by atoms with E-state index in [-0.39, 0.29) is 5.91 Å². The van der Waals surface area contributed by atoms with E-state index in [4.69, 9.17) is 16.6 Å². The van der Waals surface area contributed by atoms with Crippen LogP contribution in [0.1, 0.15) is 23.2 Å². The van der Waals surface area contributed by atoms with Crippen molar-refractivity contribution in [3.05, 3.63) is 51.5 Å². The van der Waals surface area contributed by atoms with Crippen molar-refractivity contribution >= 4 is 65.8 Å². The summed E-state index contributed by atoms with van der Waals surface area (Å²) in [6.07, 6.45) is 2.46. The van der Waals surface area contributed by atoms with Crippen LogP contribution in [-0.2, 0) is 0 Å². The fourth-order valence-corrected chi connectivity index (χ4v) is 4.56. The van der Waals surface area contributed by atoms with E-state index in [1.807, 2.05) is 18.2 Å². The van der Waals surface area contributed by atoms with Crippen molar-refractivity contribution < 1.29 is 4.79 Å². The van der Waals surface area contributed by atoms with Gasteiger partial charge in [0.2, 0.25) is 0 Å². The summed E-state index contributed by atoms with van der Waals surface area (Å²) < 4.78 is 1.79. The van der Waals surface area contributed by atoms with Crippen LogP contribution in [0.5, 0.6) is 0 Å². The zero-order chi connectivity index (χ0) is 17.4. The number of carbonyl (C=O) groups is 1.